The van der Waals surface area contributed by atoms with Crippen molar-refractivity contribution in [3.63, 3.8) is 0 Å². The predicted molar refractivity (Wildman–Crippen MR) is 138 cm³/mol. The Kier molecular flexibility index (Phi) is 7.57. The number of carbonyl (C=O) groups is 1. The second-order valence-corrected chi connectivity index (χ2v) is 10.5. The van der Waals surface area contributed by atoms with E-state index >= 15 is 0 Å². The SMILES string of the molecule is CCOc1ccccc1NC(=O)CSc1nc(-c2ccc(C)cc2)[nH]c1S(=O)(=O)c1ccccc1. The summed E-state index contributed by atoms with van der Waals surface area (Å²) in [7, 11) is -3.88. The van der Waals surface area contributed by atoms with Gasteiger partial charge in [-0.2, -0.15) is 0 Å². The molecule has 0 fully saturated rings. The van der Waals surface area contributed by atoms with Crippen LogP contribution in [0.4, 0.5) is 5.69 Å². The first-order chi connectivity index (χ1) is 16.9. The van der Waals surface area contributed by atoms with Crippen LogP contribution in [-0.4, -0.2) is 36.7 Å². The molecule has 0 aliphatic heterocycles. The van der Waals surface area contributed by atoms with Gasteiger partial charge in [0.25, 0.3) is 0 Å². The normalized spacial score (nSPS) is 11.3. The number of carbonyl (C=O) groups excluding carboxylic acids is 1. The van der Waals surface area contributed by atoms with Crippen molar-refractivity contribution in [3.8, 4) is 17.1 Å². The summed E-state index contributed by atoms with van der Waals surface area (Å²) in [4.78, 5) is 20.4. The molecule has 1 heterocycles. The number of hydrogen-bond donors (Lipinski definition) is 2. The molecule has 0 aliphatic rings. The molecule has 7 nitrogen and oxygen atoms in total. The van der Waals surface area contributed by atoms with Gasteiger partial charge in [-0.15, -0.1) is 0 Å². The molecule has 0 unspecified atom stereocenters. The number of aromatic nitrogens is 2. The van der Waals surface area contributed by atoms with Crippen LogP contribution < -0.4 is 10.1 Å². The van der Waals surface area contributed by atoms with Crippen molar-refractivity contribution in [2.45, 2.75) is 28.8 Å². The van der Waals surface area contributed by atoms with Gasteiger partial charge in [0.2, 0.25) is 15.7 Å². The van der Waals surface area contributed by atoms with Gasteiger partial charge >= 0.3 is 0 Å². The third kappa shape index (κ3) is 5.75. The largest absolute Gasteiger partial charge is 0.492 e. The molecule has 0 atom stereocenters. The van der Waals surface area contributed by atoms with Crippen molar-refractivity contribution in [3.05, 3.63) is 84.4 Å². The van der Waals surface area contributed by atoms with Crippen LogP contribution in [0.25, 0.3) is 11.4 Å². The standard InChI is InChI=1S/C26H25N3O4S2/c1-3-33-22-12-8-7-11-21(22)27-23(30)17-34-25-26(35(31,32)20-9-5-4-6-10-20)29-24(28-25)19-15-13-18(2)14-16-19/h4-16H,3,17H2,1-2H3,(H,27,30)(H,28,29). The summed E-state index contributed by atoms with van der Waals surface area (Å²) in [5.41, 5.74) is 2.39. The summed E-state index contributed by atoms with van der Waals surface area (Å²) in [6, 6.07) is 22.9. The van der Waals surface area contributed by atoms with Crippen LogP contribution in [0.1, 0.15) is 12.5 Å². The molecular formula is C26H25N3O4S2. The Morgan fingerprint density at radius 2 is 1.69 bits per heavy atom. The van der Waals surface area contributed by atoms with Gasteiger partial charge in [0.1, 0.15) is 16.6 Å². The summed E-state index contributed by atoms with van der Waals surface area (Å²) in [5, 5.41) is 3.03. The second kappa shape index (κ2) is 10.8. The van der Waals surface area contributed by atoms with E-state index in [1.54, 1.807) is 36.4 Å². The number of para-hydroxylation sites is 2. The zero-order chi connectivity index (χ0) is 24.8. The topological polar surface area (TPSA) is 101 Å². The van der Waals surface area contributed by atoms with Crippen LogP contribution in [0.15, 0.2) is 93.8 Å². The summed E-state index contributed by atoms with van der Waals surface area (Å²) < 4.78 is 32.4. The number of anilines is 1. The number of imidazole rings is 1. The van der Waals surface area contributed by atoms with E-state index in [0.29, 0.717) is 23.9 Å². The molecule has 0 aliphatic carbocycles. The lowest BCUT2D eigenvalue weighted by atomic mass is 10.1. The quantitative estimate of drug-likeness (QED) is 0.296. The lowest BCUT2D eigenvalue weighted by Crippen LogP contribution is -2.15. The van der Waals surface area contributed by atoms with Gasteiger partial charge in [-0.1, -0.05) is 71.9 Å². The highest BCUT2D eigenvalue weighted by Crippen LogP contribution is 2.32. The molecule has 0 saturated carbocycles. The summed E-state index contributed by atoms with van der Waals surface area (Å²) in [6.07, 6.45) is 0. The number of ether oxygens (including phenoxy) is 1. The van der Waals surface area contributed by atoms with Crippen LogP contribution in [0.5, 0.6) is 5.75 Å². The number of sulfone groups is 1. The maximum absolute atomic E-state index is 13.4. The number of benzene rings is 3. The third-order valence-electron chi connectivity index (χ3n) is 5.09. The van der Waals surface area contributed by atoms with Crippen molar-refractivity contribution < 1.29 is 17.9 Å². The molecule has 0 bridgehead atoms. The second-order valence-electron chi connectivity index (χ2n) is 7.67. The number of hydrogen-bond acceptors (Lipinski definition) is 6. The third-order valence-corrected chi connectivity index (χ3v) is 7.92. The predicted octanol–water partition coefficient (Wildman–Crippen LogP) is 5.35. The van der Waals surface area contributed by atoms with E-state index in [0.717, 1.165) is 22.9 Å². The molecule has 1 aromatic heterocycles. The van der Waals surface area contributed by atoms with Crippen LogP contribution in [0.2, 0.25) is 0 Å². The van der Waals surface area contributed by atoms with Gasteiger partial charge in [-0.3, -0.25) is 4.79 Å². The minimum Gasteiger partial charge on any atom is -0.492 e. The molecule has 0 radical (unpaired) electrons. The lowest BCUT2D eigenvalue weighted by molar-refractivity contribution is -0.113. The van der Waals surface area contributed by atoms with E-state index in [-0.39, 0.29) is 26.6 Å². The van der Waals surface area contributed by atoms with Crippen LogP contribution >= 0.6 is 11.8 Å². The van der Waals surface area contributed by atoms with Gasteiger partial charge < -0.3 is 15.0 Å². The maximum atomic E-state index is 13.4. The number of nitrogens with one attached hydrogen (secondary N) is 2. The van der Waals surface area contributed by atoms with E-state index in [9.17, 15) is 13.2 Å². The minimum absolute atomic E-state index is 0.0318. The first-order valence-corrected chi connectivity index (χ1v) is 13.5. The number of amides is 1. The van der Waals surface area contributed by atoms with Gasteiger partial charge in [0.05, 0.1) is 22.9 Å². The fourth-order valence-electron chi connectivity index (χ4n) is 3.36. The van der Waals surface area contributed by atoms with Crippen molar-refractivity contribution in [2.24, 2.45) is 0 Å². The highest BCUT2D eigenvalue weighted by molar-refractivity contribution is 8.00. The van der Waals surface area contributed by atoms with E-state index in [4.69, 9.17) is 4.74 Å². The zero-order valence-electron chi connectivity index (χ0n) is 19.3. The number of rotatable bonds is 9. The summed E-state index contributed by atoms with van der Waals surface area (Å²) >= 11 is 1.06. The molecule has 9 heteroatoms. The Hall–Kier alpha value is -3.56. The minimum atomic E-state index is -3.88. The molecule has 4 rings (SSSR count). The van der Waals surface area contributed by atoms with Gasteiger partial charge in [0.15, 0.2) is 5.03 Å². The van der Waals surface area contributed by atoms with Crippen molar-refractivity contribution in [1.29, 1.82) is 0 Å². The van der Waals surface area contributed by atoms with Crippen molar-refractivity contribution in [2.75, 3.05) is 17.7 Å². The highest BCUT2D eigenvalue weighted by Gasteiger charge is 2.26. The van der Waals surface area contributed by atoms with Crippen LogP contribution in [-0.2, 0) is 14.6 Å². The first-order valence-electron chi connectivity index (χ1n) is 11.0. The molecular weight excluding hydrogens is 482 g/mol. The Bertz CT molecular complexity index is 1420. The van der Waals surface area contributed by atoms with E-state index < -0.39 is 9.84 Å². The molecule has 180 valence electrons. The van der Waals surface area contributed by atoms with Crippen molar-refractivity contribution >= 4 is 33.2 Å². The van der Waals surface area contributed by atoms with Crippen molar-refractivity contribution in [1.82, 2.24) is 9.97 Å². The maximum Gasteiger partial charge on any atom is 0.234 e. The average Bonchev–Trinajstić information content (AvgIpc) is 3.30. The van der Waals surface area contributed by atoms with E-state index in [1.165, 1.54) is 12.1 Å². The Morgan fingerprint density at radius 3 is 2.40 bits per heavy atom. The number of aryl methyl sites for hydroxylation is 1. The Labute approximate surface area is 208 Å². The number of aromatic amines is 1. The number of thioether (sulfide) groups is 1. The fourth-order valence-corrected chi connectivity index (χ4v) is 5.80. The molecule has 1 amide bonds. The van der Waals surface area contributed by atoms with E-state index in [1.807, 2.05) is 44.2 Å². The average molecular weight is 508 g/mol. The molecule has 2 N–H and O–H groups in total. The van der Waals surface area contributed by atoms with Crippen LogP contribution in [0, 0.1) is 6.92 Å². The molecule has 35 heavy (non-hydrogen) atoms. The molecule has 4 aromatic rings. The molecule has 0 spiro atoms. The fraction of sp³-hybridized carbons (Fsp3) is 0.154. The number of H-pyrrole nitrogens is 1. The van der Waals surface area contributed by atoms with Gasteiger partial charge in [-0.25, -0.2) is 13.4 Å². The first kappa shape index (κ1) is 24.6. The highest BCUT2D eigenvalue weighted by atomic mass is 32.2. The monoisotopic (exact) mass is 507 g/mol. The summed E-state index contributed by atoms with van der Waals surface area (Å²) in [6.45, 7) is 4.31. The van der Waals surface area contributed by atoms with Gasteiger partial charge in [-0.05, 0) is 38.1 Å². The Morgan fingerprint density at radius 1 is 1.00 bits per heavy atom. The number of nitrogens with zero attached hydrogens (tertiary/aromatic N) is 1. The van der Waals surface area contributed by atoms with E-state index in [2.05, 4.69) is 15.3 Å². The lowest BCUT2D eigenvalue weighted by Gasteiger charge is -2.11. The zero-order valence-corrected chi connectivity index (χ0v) is 20.9. The molecule has 3 aromatic carbocycles. The van der Waals surface area contributed by atoms with Gasteiger partial charge in [0, 0.05) is 5.56 Å². The van der Waals surface area contributed by atoms with Crippen LogP contribution in [0.3, 0.4) is 0 Å². The summed E-state index contributed by atoms with van der Waals surface area (Å²) in [5.74, 6) is 0.659. The molecule has 0 saturated heterocycles. The smallest absolute Gasteiger partial charge is 0.234 e. The Balaban J connectivity index is 1.62.